The molecule has 0 heterocycles. The first-order chi connectivity index (χ1) is 8.62. The summed E-state index contributed by atoms with van der Waals surface area (Å²) in [7, 11) is 1.58. The molecule has 0 aromatic heterocycles. The molecule has 0 aliphatic heterocycles. The van der Waals surface area contributed by atoms with Crippen molar-refractivity contribution in [1.82, 2.24) is 10.2 Å². The van der Waals surface area contributed by atoms with Crippen molar-refractivity contribution in [3.05, 3.63) is 23.8 Å². The minimum Gasteiger partial charge on any atom is -0.495 e. The van der Waals surface area contributed by atoms with E-state index in [0.717, 1.165) is 5.56 Å². The third-order valence-corrected chi connectivity index (χ3v) is 2.79. The standard InChI is InChI=1S/C13H21N3O2/c1-4-16(5-2)13(17)15-9-10-6-7-12(18-3)11(14)8-10/h6-8H,4-5,9,14H2,1-3H3,(H,15,17). The number of amides is 2. The minimum absolute atomic E-state index is 0.0608. The topological polar surface area (TPSA) is 67.6 Å². The molecule has 0 atom stereocenters. The second-order valence-corrected chi connectivity index (χ2v) is 3.91. The highest BCUT2D eigenvalue weighted by molar-refractivity contribution is 5.74. The Morgan fingerprint density at radius 3 is 2.56 bits per heavy atom. The molecule has 0 spiro atoms. The zero-order chi connectivity index (χ0) is 13.5. The van der Waals surface area contributed by atoms with E-state index in [1.807, 2.05) is 19.9 Å². The summed E-state index contributed by atoms with van der Waals surface area (Å²) in [6, 6.07) is 5.43. The number of hydrogen-bond donors (Lipinski definition) is 2. The third kappa shape index (κ3) is 3.55. The van der Waals surface area contributed by atoms with Crippen LogP contribution in [0.15, 0.2) is 18.2 Å². The highest BCUT2D eigenvalue weighted by atomic mass is 16.5. The summed E-state index contributed by atoms with van der Waals surface area (Å²) in [6.45, 7) is 5.77. The first kappa shape index (κ1) is 14.2. The smallest absolute Gasteiger partial charge is 0.317 e. The molecule has 0 fully saturated rings. The van der Waals surface area contributed by atoms with E-state index < -0.39 is 0 Å². The number of carbonyl (C=O) groups excluding carboxylic acids is 1. The number of benzene rings is 1. The quantitative estimate of drug-likeness (QED) is 0.784. The van der Waals surface area contributed by atoms with Gasteiger partial charge in [-0.05, 0) is 31.5 Å². The van der Waals surface area contributed by atoms with Crippen LogP contribution in [0.25, 0.3) is 0 Å². The van der Waals surface area contributed by atoms with Crippen LogP contribution in [0.2, 0.25) is 0 Å². The summed E-state index contributed by atoms with van der Waals surface area (Å²) >= 11 is 0. The van der Waals surface area contributed by atoms with Crippen LogP contribution in [0, 0.1) is 0 Å². The molecule has 2 amide bonds. The second kappa shape index (κ2) is 6.74. The van der Waals surface area contributed by atoms with Crippen molar-refractivity contribution in [2.45, 2.75) is 20.4 Å². The monoisotopic (exact) mass is 251 g/mol. The van der Waals surface area contributed by atoms with Gasteiger partial charge in [-0.1, -0.05) is 6.07 Å². The van der Waals surface area contributed by atoms with Gasteiger partial charge in [0.1, 0.15) is 5.75 Å². The fraction of sp³-hybridized carbons (Fsp3) is 0.462. The fourth-order valence-corrected chi connectivity index (χ4v) is 1.69. The maximum Gasteiger partial charge on any atom is 0.317 e. The van der Waals surface area contributed by atoms with Gasteiger partial charge in [-0.3, -0.25) is 0 Å². The molecule has 0 unspecified atom stereocenters. The van der Waals surface area contributed by atoms with Gasteiger partial charge in [0.2, 0.25) is 0 Å². The van der Waals surface area contributed by atoms with Crippen molar-refractivity contribution in [3.8, 4) is 5.75 Å². The normalized spacial score (nSPS) is 9.94. The molecule has 0 aliphatic rings. The van der Waals surface area contributed by atoms with Crippen molar-refractivity contribution in [2.24, 2.45) is 0 Å². The van der Waals surface area contributed by atoms with Crippen LogP contribution in [-0.4, -0.2) is 31.1 Å². The average molecular weight is 251 g/mol. The molecule has 5 heteroatoms. The van der Waals surface area contributed by atoms with Gasteiger partial charge in [0, 0.05) is 19.6 Å². The predicted molar refractivity (Wildman–Crippen MR) is 72.6 cm³/mol. The maximum atomic E-state index is 11.7. The predicted octanol–water partition coefficient (Wildman–Crippen LogP) is 1.83. The summed E-state index contributed by atoms with van der Waals surface area (Å²) in [5.74, 6) is 0.647. The van der Waals surface area contributed by atoms with Crippen LogP contribution in [0.4, 0.5) is 10.5 Å². The lowest BCUT2D eigenvalue weighted by Gasteiger charge is -2.19. The lowest BCUT2D eigenvalue weighted by Crippen LogP contribution is -2.39. The largest absolute Gasteiger partial charge is 0.495 e. The molecule has 100 valence electrons. The molecule has 3 N–H and O–H groups in total. The molecule has 0 bridgehead atoms. The van der Waals surface area contributed by atoms with Gasteiger partial charge in [0.05, 0.1) is 12.8 Å². The summed E-state index contributed by atoms with van der Waals surface area (Å²) < 4.78 is 5.08. The molecule has 0 saturated heterocycles. The summed E-state index contributed by atoms with van der Waals surface area (Å²) in [5, 5.41) is 2.86. The number of rotatable bonds is 5. The van der Waals surface area contributed by atoms with E-state index in [1.165, 1.54) is 0 Å². The lowest BCUT2D eigenvalue weighted by atomic mass is 10.2. The van der Waals surface area contributed by atoms with Crippen molar-refractivity contribution in [2.75, 3.05) is 25.9 Å². The van der Waals surface area contributed by atoms with Gasteiger partial charge in [0.15, 0.2) is 0 Å². The Morgan fingerprint density at radius 2 is 2.06 bits per heavy atom. The Labute approximate surface area is 108 Å². The van der Waals surface area contributed by atoms with E-state index in [0.29, 0.717) is 31.1 Å². The van der Waals surface area contributed by atoms with Crippen molar-refractivity contribution in [1.29, 1.82) is 0 Å². The molecule has 1 rings (SSSR count). The lowest BCUT2D eigenvalue weighted by molar-refractivity contribution is 0.203. The maximum absolute atomic E-state index is 11.7. The van der Waals surface area contributed by atoms with E-state index in [9.17, 15) is 4.79 Å². The number of nitrogens with two attached hydrogens (primary N) is 1. The Bertz CT molecular complexity index is 403. The summed E-state index contributed by atoms with van der Waals surface area (Å²) in [6.07, 6.45) is 0. The van der Waals surface area contributed by atoms with Crippen LogP contribution < -0.4 is 15.8 Å². The number of methoxy groups -OCH3 is 1. The minimum atomic E-state index is -0.0608. The number of nitrogens with zero attached hydrogens (tertiary/aromatic N) is 1. The van der Waals surface area contributed by atoms with E-state index in [2.05, 4.69) is 5.32 Å². The van der Waals surface area contributed by atoms with Gasteiger partial charge >= 0.3 is 6.03 Å². The van der Waals surface area contributed by atoms with Gasteiger partial charge in [-0.15, -0.1) is 0 Å². The number of urea groups is 1. The average Bonchev–Trinajstić information content (AvgIpc) is 2.38. The van der Waals surface area contributed by atoms with Gasteiger partial charge in [0.25, 0.3) is 0 Å². The Balaban J connectivity index is 2.58. The highest BCUT2D eigenvalue weighted by Crippen LogP contribution is 2.21. The van der Waals surface area contributed by atoms with Gasteiger partial charge < -0.3 is 20.7 Å². The number of nitrogen functional groups attached to an aromatic ring is 1. The number of anilines is 1. The summed E-state index contributed by atoms with van der Waals surface area (Å²) in [4.78, 5) is 13.5. The second-order valence-electron chi connectivity index (χ2n) is 3.91. The molecular weight excluding hydrogens is 230 g/mol. The number of carbonyl (C=O) groups is 1. The Hall–Kier alpha value is -1.91. The van der Waals surface area contributed by atoms with Gasteiger partial charge in [-0.25, -0.2) is 4.79 Å². The SMILES string of the molecule is CCN(CC)C(=O)NCc1ccc(OC)c(N)c1. The van der Waals surface area contributed by atoms with E-state index >= 15 is 0 Å². The zero-order valence-corrected chi connectivity index (χ0v) is 11.2. The van der Waals surface area contributed by atoms with E-state index in [-0.39, 0.29) is 6.03 Å². The first-order valence-corrected chi connectivity index (χ1v) is 6.07. The summed E-state index contributed by atoms with van der Waals surface area (Å²) in [5.41, 5.74) is 7.33. The Kier molecular flexibility index (Phi) is 5.30. The highest BCUT2D eigenvalue weighted by Gasteiger charge is 2.08. The van der Waals surface area contributed by atoms with Gasteiger partial charge in [-0.2, -0.15) is 0 Å². The number of nitrogens with one attached hydrogen (secondary N) is 1. The number of ether oxygens (including phenoxy) is 1. The third-order valence-electron chi connectivity index (χ3n) is 2.79. The van der Waals surface area contributed by atoms with Crippen molar-refractivity contribution < 1.29 is 9.53 Å². The molecular formula is C13H21N3O2. The zero-order valence-electron chi connectivity index (χ0n) is 11.2. The van der Waals surface area contributed by atoms with E-state index in [4.69, 9.17) is 10.5 Å². The van der Waals surface area contributed by atoms with Crippen molar-refractivity contribution in [3.63, 3.8) is 0 Å². The molecule has 1 aromatic carbocycles. The van der Waals surface area contributed by atoms with Crippen LogP contribution in [0.5, 0.6) is 5.75 Å². The van der Waals surface area contributed by atoms with Crippen molar-refractivity contribution >= 4 is 11.7 Å². The van der Waals surface area contributed by atoms with Crippen LogP contribution in [0.1, 0.15) is 19.4 Å². The van der Waals surface area contributed by atoms with Crippen LogP contribution in [0.3, 0.4) is 0 Å². The molecule has 5 nitrogen and oxygen atoms in total. The van der Waals surface area contributed by atoms with E-state index in [1.54, 1.807) is 24.1 Å². The first-order valence-electron chi connectivity index (χ1n) is 6.07. The fourth-order valence-electron chi connectivity index (χ4n) is 1.69. The van der Waals surface area contributed by atoms with Crippen LogP contribution >= 0.6 is 0 Å². The molecule has 1 aromatic rings. The molecule has 0 aliphatic carbocycles. The van der Waals surface area contributed by atoms with Crippen LogP contribution in [-0.2, 0) is 6.54 Å². The molecule has 18 heavy (non-hydrogen) atoms. The molecule has 0 radical (unpaired) electrons. The Morgan fingerprint density at radius 1 is 1.39 bits per heavy atom. The number of hydrogen-bond acceptors (Lipinski definition) is 3. The molecule has 0 saturated carbocycles.